The molecule has 31 heavy (non-hydrogen) atoms. The van der Waals surface area contributed by atoms with E-state index in [1.807, 2.05) is 71.2 Å². The van der Waals surface area contributed by atoms with Crippen molar-refractivity contribution in [1.82, 2.24) is 19.9 Å². The monoisotopic (exact) mass is 418 g/mol. The van der Waals surface area contributed by atoms with Gasteiger partial charge in [0.1, 0.15) is 18.1 Å². The third kappa shape index (κ3) is 5.20. The van der Waals surface area contributed by atoms with Crippen LogP contribution in [0.2, 0.25) is 0 Å². The number of fused-ring (bicyclic) bond motifs is 1. The smallest absolute Gasteiger partial charge is 0.156 e. The molecule has 0 aliphatic rings. The van der Waals surface area contributed by atoms with E-state index in [1.54, 1.807) is 7.11 Å². The van der Waals surface area contributed by atoms with Gasteiger partial charge in [0.15, 0.2) is 11.5 Å². The zero-order valence-electron chi connectivity index (χ0n) is 17.5. The molecular weight excluding hydrogens is 392 g/mol. The van der Waals surface area contributed by atoms with Crippen molar-refractivity contribution in [2.24, 2.45) is 0 Å². The summed E-state index contributed by atoms with van der Waals surface area (Å²) >= 11 is 0. The van der Waals surface area contributed by atoms with Crippen molar-refractivity contribution in [3.05, 3.63) is 78.1 Å². The number of nitrogens with zero attached hydrogens (tertiary/aromatic N) is 3. The number of methoxy groups -OCH3 is 1. The van der Waals surface area contributed by atoms with Gasteiger partial charge in [-0.3, -0.25) is 0 Å². The Morgan fingerprint density at radius 2 is 1.71 bits per heavy atom. The van der Waals surface area contributed by atoms with Gasteiger partial charge in [-0.2, -0.15) is 5.10 Å². The molecule has 7 nitrogen and oxygen atoms in total. The highest BCUT2D eigenvalue weighted by atomic mass is 16.5. The minimum atomic E-state index is 0.132. The summed E-state index contributed by atoms with van der Waals surface area (Å²) in [5, 5.41) is 16.6. The van der Waals surface area contributed by atoms with E-state index >= 15 is 0 Å². The summed E-state index contributed by atoms with van der Waals surface area (Å²) in [7, 11) is 1.66. The Balaban J connectivity index is 1.45. The lowest BCUT2D eigenvalue weighted by Crippen LogP contribution is -2.23. The van der Waals surface area contributed by atoms with Crippen LogP contribution >= 0.6 is 0 Å². The maximum absolute atomic E-state index is 8.75. The van der Waals surface area contributed by atoms with E-state index in [4.69, 9.17) is 24.7 Å². The maximum Gasteiger partial charge on any atom is 0.156 e. The molecule has 160 valence electrons. The molecule has 4 rings (SSSR count). The van der Waals surface area contributed by atoms with Crippen LogP contribution in [0.15, 0.2) is 66.7 Å². The van der Waals surface area contributed by atoms with E-state index in [9.17, 15) is 0 Å². The van der Waals surface area contributed by atoms with E-state index in [0.717, 1.165) is 39.8 Å². The van der Waals surface area contributed by atoms with Crippen LogP contribution in [0, 0.1) is 0 Å². The van der Waals surface area contributed by atoms with Crippen LogP contribution in [-0.4, -0.2) is 53.1 Å². The van der Waals surface area contributed by atoms with Crippen molar-refractivity contribution in [3.63, 3.8) is 0 Å². The first kappa shape index (κ1) is 20.8. The lowest BCUT2D eigenvalue weighted by molar-refractivity contribution is 0.276. The molecule has 4 aromatic rings. The number of aliphatic hydroxyl groups is 1. The van der Waals surface area contributed by atoms with Crippen LogP contribution in [0.3, 0.4) is 0 Å². The summed E-state index contributed by atoms with van der Waals surface area (Å²) in [6.07, 6.45) is 0.641. The Hall–Kier alpha value is -3.42. The van der Waals surface area contributed by atoms with Gasteiger partial charge in [-0.05, 0) is 54.1 Å². The summed E-state index contributed by atoms with van der Waals surface area (Å²) in [5.74, 6) is 2.41. The number of aliphatic hydroxyl groups excluding tert-OH is 1. The minimum Gasteiger partial charge on any atom is -0.497 e. The Morgan fingerprint density at radius 3 is 2.45 bits per heavy atom. The Labute approximate surface area is 181 Å². The summed E-state index contributed by atoms with van der Waals surface area (Å²) in [6, 6.07) is 21.9. The third-order valence-corrected chi connectivity index (χ3v) is 4.91. The van der Waals surface area contributed by atoms with Crippen LogP contribution in [0.25, 0.3) is 16.9 Å². The zero-order valence-corrected chi connectivity index (χ0v) is 17.5. The molecule has 0 bridgehead atoms. The maximum atomic E-state index is 8.75. The molecular formula is C24H26N4O3. The van der Waals surface area contributed by atoms with Crippen LogP contribution in [0.4, 0.5) is 0 Å². The number of nitrogens with one attached hydrogen (secondary N) is 1. The van der Waals surface area contributed by atoms with E-state index < -0.39 is 0 Å². The summed E-state index contributed by atoms with van der Waals surface area (Å²) in [4.78, 5) is 4.70. The predicted molar refractivity (Wildman–Crippen MR) is 120 cm³/mol. The molecule has 2 heterocycles. The Kier molecular flexibility index (Phi) is 6.76. The molecule has 0 saturated carbocycles. The highest BCUT2D eigenvalue weighted by molar-refractivity contribution is 5.63. The van der Waals surface area contributed by atoms with E-state index in [2.05, 4.69) is 5.32 Å². The van der Waals surface area contributed by atoms with E-state index in [1.165, 1.54) is 0 Å². The lowest BCUT2D eigenvalue weighted by atomic mass is 10.1. The quantitative estimate of drug-likeness (QED) is 0.386. The van der Waals surface area contributed by atoms with Gasteiger partial charge in [-0.15, -0.1) is 0 Å². The molecule has 0 atom stereocenters. The topological polar surface area (TPSA) is 80.9 Å². The summed E-state index contributed by atoms with van der Waals surface area (Å²) in [6.45, 7) is 1.97. The highest BCUT2D eigenvalue weighted by Gasteiger charge is 2.10. The largest absolute Gasteiger partial charge is 0.497 e. The van der Waals surface area contributed by atoms with Crippen molar-refractivity contribution >= 4 is 5.65 Å². The van der Waals surface area contributed by atoms with Gasteiger partial charge in [-0.25, -0.2) is 9.50 Å². The molecule has 0 radical (unpaired) electrons. The van der Waals surface area contributed by atoms with Crippen molar-refractivity contribution in [2.45, 2.75) is 6.42 Å². The third-order valence-electron chi connectivity index (χ3n) is 4.91. The molecule has 0 amide bonds. The van der Waals surface area contributed by atoms with E-state index in [-0.39, 0.29) is 6.61 Å². The summed E-state index contributed by atoms with van der Waals surface area (Å²) < 4.78 is 12.8. The average molecular weight is 418 g/mol. The van der Waals surface area contributed by atoms with Gasteiger partial charge in [0.05, 0.1) is 19.4 Å². The number of benzene rings is 2. The SMILES string of the molecule is COc1ccc(-c2cccc3nc(Cc4ccc(OCCNCCO)cc4)nn23)cc1. The lowest BCUT2D eigenvalue weighted by Gasteiger charge is -2.07. The molecule has 2 aromatic heterocycles. The van der Waals surface area contributed by atoms with Crippen LogP contribution < -0.4 is 14.8 Å². The van der Waals surface area contributed by atoms with Crippen LogP contribution in [0.5, 0.6) is 11.5 Å². The van der Waals surface area contributed by atoms with Gasteiger partial charge in [0, 0.05) is 25.1 Å². The van der Waals surface area contributed by atoms with Gasteiger partial charge in [-0.1, -0.05) is 18.2 Å². The number of pyridine rings is 1. The molecule has 0 aliphatic carbocycles. The predicted octanol–water partition coefficient (Wildman–Crippen LogP) is 2.96. The number of hydrogen-bond acceptors (Lipinski definition) is 6. The number of rotatable bonds is 10. The molecule has 0 spiro atoms. The van der Waals surface area contributed by atoms with Gasteiger partial charge in [0.2, 0.25) is 0 Å². The normalized spacial score (nSPS) is 11.0. The second kappa shape index (κ2) is 10.1. The molecule has 0 saturated heterocycles. The zero-order chi connectivity index (χ0) is 21.5. The fourth-order valence-electron chi connectivity index (χ4n) is 3.34. The Bertz CT molecular complexity index is 1110. The molecule has 7 heteroatoms. The van der Waals surface area contributed by atoms with Gasteiger partial charge in [0.25, 0.3) is 0 Å². The van der Waals surface area contributed by atoms with Crippen molar-refractivity contribution < 1.29 is 14.6 Å². The second-order valence-electron chi connectivity index (χ2n) is 7.08. The number of hydrogen-bond donors (Lipinski definition) is 2. The molecule has 0 fully saturated rings. The molecule has 2 N–H and O–H groups in total. The average Bonchev–Trinajstić information content (AvgIpc) is 3.22. The fourth-order valence-corrected chi connectivity index (χ4v) is 3.34. The van der Waals surface area contributed by atoms with Crippen molar-refractivity contribution in [3.8, 4) is 22.8 Å². The molecule has 0 unspecified atom stereocenters. The first-order valence-corrected chi connectivity index (χ1v) is 10.3. The second-order valence-corrected chi connectivity index (χ2v) is 7.08. The number of ether oxygens (including phenoxy) is 2. The minimum absolute atomic E-state index is 0.132. The highest BCUT2D eigenvalue weighted by Crippen LogP contribution is 2.23. The first-order valence-electron chi connectivity index (χ1n) is 10.3. The van der Waals surface area contributed by atoms with Gasteiger partial charge < -0.3 is 19.9 Å². The molecule has 0 aliphatic heterocycles. The van der Waals surface area contributed by atoms with Crippen LogP contribution in [-0.2, 0) is 6.42 Å². The standard InChI is InChI=1S/C24H26N4O3/c1-30-20-11-7-19(8-12-20)22-3-2-4-24-26-23(27-28(22)24)17-18-5-9-21(10-6-18)31-16-14-25-13-15-29/h2-12,25,29H,13-17H2,1H3. The Morgan fingerprint density at radius 1 is 0.935 bits per heavy atom. The van der Waals surface area contributed by atoms with Crippen molar-refractivity contribution in [2.75, 3.05) is 33.4 Å². The van der Waals surface area contributed by atoms with E-state index in [0.29, 0.717) is 26.1 Å². The first-order chi connectivity index (χ1) is 15.3. The summed E-state index contributed by atoms with van der Waals surface area (Å²) in [5.41, 5.74) is 3.97. The van der Waals surface area contributed by atoms with Gasteiger partial charge >= 0.3 is 0 Å². The fraction of sp³-hybridized carbons (Fsp3) is 0.250. The number of aromatic nitrogens is 3. The van der Waals surface area contributed by atoms with Crippen LogP contribution in [0.1, 0.15) is 11.4 Å². The molecule has 2 aromatic carbocycles. The van der Waals surface area contributed by atoms with Crippen molar-refractivity contribution in [1.29, 1.82) is 0 Å².